The van der Waals surface area contributed by atoms with Crippen molar-refractivity contribution in [2.75, 3.05) is 18.4 Å². The highest BCUT2D eigenvalue weighted by atomic mass is 35.5. The molecule has 1 aromatic carbocycles. The van der Waals surface area contributed by atoms with Crippen LogP contribution in [0.3, 0.4) is 0 Å². The molecular formula is C13H19Cl2N3O3. The van der Waals surface area contributed by atoms with Gasteiger partial charge in [0.25, 0.3) is 0 Å². The highest BCUT2D eigenvalue weighted by Crippen LogP contribution is 2.28. The monoisotopic (exact) mass is 335 g/mol. The number of carbonyl (C=O) groups excluding carboxylic acids is 2. The molecule has 2 amide bonds. The number of nitrogens with one attached hydrogen (secondary N) is 2. The van der Waals surface area contributed by atoms with Crippen molar-refractivity contribution < 1.29 is 14.3 Å². The van der Waals surface area contributed by atoms with E-state index in [0.717, 1.165) is 0 Å². The molecule has 1 aromatic rings. The van der Waals surface area contributed by atoms with Gasteiger partial charge in [0.2, 0.25) is 11.8 Å². The number of benzene rings is 1. The van der Waals surface area contributed by atoms with E-state index in [1.54, 1.807) is 18.2 Å². The standard InChI is InChI=1S/C13H18ClN3O3.ClH/c1-8(2)20-11-4-3-9(5-10(11)14)17-13(19)7-16-12(18)6-15;/h3-5,8H,6-7,15H2,1-2H3,(H,16,18)(H,17,19);1H. The number of nitrogens with two attached hydrogens (primary N) is 1. The van der Waals surface area contributed by atoms with Crippen LogP contribution in [0.15, 0.2) is 18.2 Å². The first-order valence-electron chi connectivity index (χ1n) is 6.15. The molecule has 118 valence electrons. The lowest BCUT2D eigenvalue weighted by Gasteiger charge is -2.12. The predicted molar refractivity (Wildman–Crippen MR) is 85.2 cm³/mol. The lowest BCUT2D eigenvalue weighted by atomic mass is 10.3. The van der Waals surface area contributed by atoms with Gasteiger partial charge in [0.05, 0.1) is 24.2 Å². The van der Waals surface area contributed by atoms with Gasteiger partial charge in [-0.3, -0.25) is 9.59 Å². The second kappa shape index (κ2) is 9.44. The van der Waals surface area contributed by atoms with Crippen molar-refractivity contribution in [2.45, 2.75) is 20.0 Å². The number of hydrogen-bond acceptors (Lipinski definition) is 4. The van der Waals surface area contributed by atoms with Crippen molar-refractivity contribution in [1.82, 2.24) is 5.32 Å². The zero-order chi connectivity index (χ0) is 15.1. The van der Waals surface area contributed by atoms with Crippen LogP contribution in [0.4, 0.5) is 5.69 Å². The molecule has 8 heteroatoms. The Hall–Kier alpha value is -1.50. The fourth-order valence-electron chi connectivity index (χ4n) is 1.38. The van der Waals surface area contributed by atoms with Gasteiger partial charge in [-0.2, -0.15) is 0 Å². The van der Waals surface area contributed by atoms with Crippen LogP contribution >= 0.6 is 24.0 Å². The first-order chi connectivity index (χ1) is 9.42. The lowest BCUT2D eigenvalue weighted by Crippen LogP contribution is -2.36. The van der Waals surface area contributed by atoms with Gasteiger partial charge in [0.1, 0.15) is 5.75 Å². The Balaban J connectivity index is 0.00000400. The van der Waals surface area contributed by atoms with E-state index in [-0.39, 0.29) is 43.4 Å². The maximum Gasteiger partial charge on any atom is 0.243 e. The Morgan fingerprint density at radius 3 is 2.52 bits per heavy atom. The highest BCUT2D eigenvalue weighted by molar-refractivity contribution is 6.32. The third-order valence-corrected chi connectivity index (χ3v) is 2.51. The first kappa shape index (κ1) is 19.5. The summed E-state index contributed by atoms with van der Waals surface area (Å²) in [5.74, 6) is -0.199. The molecule has 0 aliphatic heterocycles. The summed E-state index contributed by atoms with van der Waals surface area (Å²) in [5.41, 5.74) is 5.64. The molecule has 0 fully saturated rings. The molecule has 6 nitrogen and oxygen atoms in total. The van der Waals surface area contributed by atoms with E-state index in [0.29, 0.717) is 16.5 Å². The van der Waals surface area contributed by atoms with Gasteiger partial charge in [-0.25, -0.2) is 0 Å². The van der Waals surface area contributed by atoms with Crippen LogP contribution in [0.1, 0.15) is 13.8 Å². The lowest BCUT2D eigenvalue weighted by molar-refractivity contribution is -0.123. The summed E-state index contributed by atoms with van der Waals surface area (Å²) in [6.07, 6.45) is 0.0133. The Labute approximate surface area is 134 Å². The molecule has 0 aromatic heterocycles. The molecule has 0 saturated heterocycles. The van der Waals surface area contributed by atoms with Crippen molar-refractivity contribution >= 4 is 41.5 Å². The topological polar surface area (TPSA) is 93.5 Å². The predicted octanol–water partition coefficient (Wildman–Crippen LogP) is 1.56. The summed E-state index contributed by atoms with van der Waals surface area (Å²) < 4.78 is 5.48. The normalized spacial score (nSPS) is 9.76. The van der Waals surface area contributed by atoms with Gasteiger partial charge in [0.15, 0.2) is 0 Å². The number of amides is 2. The van der Waals surface area contributed by atoms with E-state index < -0.39 is 0 Å². The van der Waals surface area contributed by atoms with Gasteiger partial charge in [-0.1, -0.05) is 11.6 Å². The van der Waals surface area contributed by atoms with Crippen molar-refractivity contribution in [3.05, 3.63) is 23.2 Å². The minimum Gasteiger partial charge on any atom is -0.489 e. The molecule has 0 radical (unpaired) electrons. The zero-order valence-electron chi connectivity index (χ0n) is 11.8. The van der Waals surface area contributed by atoms with E-state index in [4.69, 9.17) is 22.1 Å². The summed E-state index contributed by atoms with van der Waals surface area (Å²) in [7, 11) is 0. The largest absolute Gasteiger partial charge is 0.489 e. The second-order valence-corrected chi connectivity index (χ2v) is 4.75. The SMILES string of the molecule is CC(C)Oc1ccc(NC(=O)CNC(=O)CN)cc1Cl.Cl. The Kier molecular flexibility index (Phi) is 8.76. The Morgan fingerprint density at radius 1 is 1.33 bits per heavy atom. The summed E-state index contributed by atoms with van der Waals surface area (Å²) in [4.78, 5) is 22.5. The summed E-state index contributed by atoms with van der Waals surface area (Å²) >= 11 is 6.04. The van der Waals surface area contributed by atoms with E-state index in [2.05, 4.69) is 10.6 Å². The fourth-order valence-corrected chi connectivity index (χ4v) is 1.61. The van der Waals surface area contributed by atoms with E-state index in [1.165, 1.54) is 0 Å². The summed E-state index contributed by atoms with van der Waals surface area (Å²) in [5, 5.41) is 5.38. The highest BCUT2D eigenvalue weighted by Gasteiger charge is 2.08. The number of hydrogen-bond donors (Lipinski definition) is 3. The fraction of sp³-hybridized carbons (Fsp3) is 0.385. The minimum atomic E-state index is -0.390. The smallest absolute Gasteiger partial charge is 0.243 e. The second-order valence-electron chi connectivity index (χ2n) is 4.34. The molecule has 0 aliphatic carbocycles. The summed E-state index contributed by atoms with van der Waals surface area (Å²) in [6, 6.07) is 4.94. The number of rotatable bonds is 6. The van der Waals surface area contributed by atoms with Crippen LogP contribution < -0.4 is 21.1 Å². The van der Waals surface area contributed by atoms with Gasteiger partial charge in [0, 0.05) is 5.69 Å². The quantitative estimate of drug-likeness (QED) is 0.735. The van der Waals surface area contributed by atoms with E-state index >= 15 is 0 Å². The third-order valence-electron chi connectivity index (χ3n) is 2.21. The first-order valence-corrected chi connectivity index (χ1v) is 6.53. The van der Waals surface area contributed by atoms with Gasteiger partial charge >= 0.3 is 0 Å². The van der Waals surface area contributed by atoms with Gasteiger partial charge in [-0.15, -0.1) is 12.4 Å². The average molecular weight is 336 g/mol. The maximum absolute atomic E-state index is 11.6. The number of halogens is 2. The molecule has 0 aliphatic rings. The van der Waals surface area contributed by atoms with E-state index in [9.17, 15) is 9.59 Å². The average Bonchev–Trinajstić information content (AvgIpc) is 2.38. The molecule has 0 bridgehead atoms. The van der Waals surface area contributed by atoms with Crippen LogP contribution in [-0.2, 0) is 9.59 Å². The molecule has 0 saturated carbocycles. The molecule has 21 heavy (non-hydrogen) atoms. The van der Waals surface area contributed by atoms with Gasteiger partial charge in [-0.05, 0) is 32.0 Å². The third kappa shape index (κ3) is 7.17. The molecule has 0 unspecified atom stereocenters. The van der Waals surface area contributed by atoms with Crippen LogP contribution in [0, 0.1) is 0 Å². The van der Waals surface area contributed by atoms with Crippen molar-refractivity contribution in [2.24, 2.45) is 5.73 Å². The van der Waals surface area contributed by atoms with Crippen molar-refractivity contribution in [3.63, 3.8) is 0 Å². The number of ether oxygens (including phenoxy) is 1. The molecular weight excluding hydrogens is 317 g/mol. The minimum absolute atomic E-state index is 0. The van der Waals surface area contributed by atoms with Crippen molar-refractivity contribution in [1.29, 1.82) is 0 Å². The number of anilines is 1. The number of carbonyl (C=O) groups is 2. The van der Waals surface area contributed by atoms with Crippen LogP contribution in [0.25, 0.3) is 0 Å². The van der Waals surface area contributed by atoms with Crippen LogP contribution in [0.2, 0.25) is 5.02 Å². The molecule has 0 spiro atoms. The van der Waals surface area contributed by atoms with Crippen molar-refractivity contribution in [3.8, 4) is 5.75 Å². The molecule has 4 N–H and O–H groups in total. The summed E-state index contributed by atoms with van der Waals surface area (Å²) in [6.45, 7) is 3.50. The van der Waals surface area contributed by atoms with Crippen LogP contribution in [-0.4, -0.2) is 31.0 Å². The van der Waals surface area contributed by atoms with Gasteiger partial charge < -0.3 is 21.1 Å². The Morgan fingerprint density at radius 2 is 2.00 bits per heavy atom. The zero-order valence-corrected chi connectivity index (χ0v) is 13.4. The molecule has 1 rings (SSSR count). The molecule has 0 heterocycles. The maximum atomic E-state index is 11.6. The van der Waals surface area contributed by atoms with E-state index in [1.807, 2.05) is 13.8 Å². The Bertz CT molecular complexity index is 496. The van der Waals surface area contributed by atoms with Crippen LogP contribution in [0.5, 0.6) is 5.75 Å². The molecule has 0 atom stereocenters.